The molecule has 1 aliphatic heterocycles. The Labute approximate surface area is 166 Å². The third-order valence-corrected chi connectivity index (χ3v) is 6.84. The van der Waals surface area contributed by atoms with E-state index in [0.717, 1.165) is 24.8 Å². The summed E-state index contributed by atoms with van der Waals surface area (Å²) in [6.45, 7) is 1.67. The van der Waals surface area contributed by atoms with Gasteiger partial charge in [-0.1, -0.05) is 18.6 Å². The number of carbonyl (C=O) groups is 1. The van der Waals surface area contributed by atoms with Gasteiger partial charge in [-0.15, -0.1) is 0 Å². The maximum atomic E-state index is 12.7. The fourth-order valence-corrected chi connectivity index (χ4v) is 4.76. The molecule has 1 heterocycles. The Morgan fingerprint density at radius 2 is 1.64 bits per heavy atom. The van der Waals surface area contributed by atoms with E-state index in [1.54, 1.807) is 47.8 Å². The number of sulfonamides is 1. The van der Waals surface area contributed by atoms with Gasteiger partial charge < -0.3 is 10.1 Å². The number of methoxy groups -OCH3 is 1. The lowest BCUT2D eigenvalue weighted by Gasteiger charge is -2.25. The fourth-order valence-electron chi connectivity index (χ4n) is 3.25. The van der Waals surface area contributed by atoms with Crippen LogP contribution in [0.3, 0.4) is 0 Å². The van der Waals surface area contributed by atoms with E-state index in [2.05, 4.69) is 5.32 Å². The van der Waals surface area contributed by atoms with Crippen molar-refractivity contribution < 1.29 is 17.9 Å². The summed E-state index contributed by atoms with van der Waals surface area (Å²) < 4.78 is 32.0. The smallest absolute Gasteiger partial charge is 0.251 e. The Bertz CT molecular complexity index is 887. The molecule has 1 aliphatic rings. The van der Waals surface area contributed by atoms with Crippen molar-refractivity contribution in [2.45, 2.75) is 30.6 Å². The predicted octanol–water partition coefficient (Wildman–Crippen LogP) is 2.84. The molecular formula is C21H26N2O4S. The minimum Gasteiger partial charge on any atom is -0.497 e. The van der Waals surface area contributed by atoms with Gasteiger partial charge in [0.25, 0.3) is 5.91 Å². The first kappa shape index (κ1) is 20.4. The average molecular weight is 403 g/mol. The summed E-state index contributed by atoms with van der Waals surface area (Å²) in [6, 6.07) is 13.9. The highest BCUT2D eigenvalue weighted by Gasteiger charge is 2.25. The minimum atomic E-state index is -3.40. The number of nitrogens with one attached hydrogen (secondary N) is 1. The predicted molar refractivity (Wildman–Crippen MR) is 108 cm³/mol. The van der Waals surface area contributed by atoms with Gasteiger partial charge in [0.1, 0.15) is 5.75 Å². The van der Waals surface area contributed by atoms with E-state index in [4.69, 9.17) is 4.74 Å². The van der Waals surface area contributed by atoms with Crippen LogP contribution in [0.1, 0.15) is 35.2 Å². The molecule has 7 heteroatoms. The van der Waals surface area contributed by atoms with E-state index in [9.17, 15) is 13.2 Å². The molecule has 1 fully saturated rings. The number of carbonyl (C=O) groups excluding carboxylic acids is 1. The van der Waals surface area contributed by atoms with Crippen LogP contribution >= 0.6 is 0 Å². The molecule has 0 unspecified atom stereocenters. The number of amides is 1. The summed E-state index contributed by atoms with van der Waals surface area (Å²) in [5.74, 6) is 0.558. The Morgan fingerprint density at radius 3 is 2.25 bits per heavy atom. The van der Waals surface area contributed by atoms with E-state index in [0.29, 0.717) is 42.3 Å². The van der Waals surface area contributed by atoms with Crippen LogP contribution < -0.4 is 10.1 Å². The highest BCUT2D eigenvalue weighted by Crippen LogP contribution is 2.21. The normalized spacial score (nSPS) is 15.2. The van der Waals surface area contributed by atoms with E-state index >= 15 is 0 Å². The van der Waals surface area contributed by atoms with Crippen molar-refractivity contribution in [1.82, 2.24) is 9.62 Å². The molecule has 3 rings (SSSR count). The second kappa shape index (κ2) is 9.21. The van der Waals surface area contributed by atoms with Gasteiger partial charge in [0, 0.05) is 25.2 Å². The molecule has 2 aromatic carbocycles. The average Bonchev–Trinajstić information content (AvgIpc) is 2.74. The Kier molecular flexibility index (Phi) is 6.70. The van der Waals surface area contributed by atoms with Gasteiger partial charge in [-0.25, -0.2) is 8.42 Å². The topological polar surface area (TPSA) is 75.7 Å². The molecule has 0 aromatic heterocycles. The van der Waals surface area contributed by atoms with Crippen LogP contribution in [0.5, 0.6) is 5.75 Å². The number of rotatable bonds is 7. The van der Waals surface area contributed by atoms with Gasteiger partial charge in [-0.2, -0.15) is 4.31 Å². The summed E-state index contributed by atoms with van der Waals surface area (Å²) in [4.78, 5) is 12.5. The zero-order valence-corrected chi connectivity index (χ0v) is 16.9. The van der Waals surface area contributed by atoms with Gasteiger partial charge in [0.05, 0.1) is 12.0 Å². The maximum Gasteiger partial charge on any atom is 0.251 e. The molecule has 28 heavy (non-hydrogen) atoms. The second-order valence-electron chi connectivity index (χ2n) is 6.84. The van der Waals surface area contributed by atoms with Crippen molar-refractivity contribution in [2.24, 2.45) is 0 Å². The molecule has 0 aliphatic carbocycles. The Balaban J connectivity index is 1.53. The number of piperidine rings is 1. The van der Waals surface area contributed by atoms with Crippen LogP contribution in [0.2, 0.25) is 0 Å². The SMILES string of the molecule is COc1ccc(C(=O)NCCc2ccc(S(=O)(=O)N3CCCCC3)cc2)cc1. The van der Waals surface area contributed by atoms with E-state index in [-0.39, 0.29) is 5.91 Å². The monoisotopic (exact) mass is 402 g/mol. The van der Waals surface area contributed by atoms with Crippen molar-refractivity contribution in [3.63, 3.8) is 0 Å². The van der Waals surface area contributed by atoms with Crippen LogP contribution in [0.15, 0.2) is 53.4 Å². The number of hydrogen-bond acceptors (Lipinski definition) is 4. The summed E-state index contributed by atoms with van der Waals surface area (Å²) in [6.07, 6.45) is 3.57. The third-order valence-electron chi connectivity index (χ3n) is 4.93. The van der Waals surface area contributed by atoms with Crippen molar-refractivity contribution in [3.8, 4) is 5.75 Å². The lowest BCUT2D eigenvalue weighted by atomic mass is 10.1. The van der Waals surface area contributed by atoms with Gasteiger partial charge in [-0.3, -0.25) is 4.79 Å². The van der Waals surface area contributed by atoms with E-state index < -0.39 is 10.0 Å². The highest BCUT2D eigenvalue weighted by atomic mass is 32.2. The zero-order valence-electron chi connectivity index (χ0n) is 16.1. The number of ether oxygens (including phenoxy) is 1. The lowest BCUT2D eigenvalue weighted by Crippen LogP contribution is -2.35. The third kappa shape index (κ3) is 4.91. The molecule has 0 spiro atoms. The molecule has 1 saturated heterocycles. The standard InChI is InChI=1S/C21H26N2O4S/c1-27-19-9-7-18(8-10-19)21(24)22-14-13-17-5-11-20(12-6-17)28(25,26)23-15-3-2-4-16-23/h5-12H,2-4,13-16H2,1H3,(H,22,24). The summed E-state index contributed by atoms with van der Waals surface area (Å²) in [7, 11) is -1.82. The van der Waals surface area contributed by atoms with Crippen molar-refractivity contribution in [2.75, 3.05) is 26.7 Å². The quantitative estimate of drug-likeness (QED) is 0.773. The summed E-state index contributed by atoms with van der Waals surface area (Å²) in [5.41, 5.74) is 1.55. The molecule has 2 aromatic rings. The number of nitrogens with zero attached hydrogens (tertiary/aromatic N) is 1. The van der Waals surface area contributed by atoms with Crippen LogP contribution in [0, 0.1) is 0 Å². The Morgan fingerprint density at radius 1 is 1.00 bits per heavy atom. The van der Waals surface area contributed by atoms with Crippen molar-refractivity contribution in [3.05, 3.63) is 59.7 Å². The molecule has 0 atom stereocenters. The molecule has 1 amide bonds. The molecule has 6 nitrogen and oxygen atoms in total. The molecular weight excluding hydrogens is 376 g/mol. The number of hydrogen-bond donors (Lipinski definition) is 1. The largest absolute Gasteiger partial charge is 0.497 e. The molecule has 0 bridgehead atoms. The van der Waals surface area contributed by atoms with Crippen LogP contribution in [-0.2, 0) is 16.4 Å². The van der Waals surface area contributed by atoms with Crippen molar-refractivity contribution in [1.29, 1.82) is 0 Å². The van der Waals surface area contributed by atoms with Crippen LogP contribution in [0.25, 0.3) is 0 Å². The molecule has 0 radical (unpaired) electrons. The maximum absolute atomic E-state index is 12.7. The first-order chi connectivity index (χ1) is 13.5. The summed E-state index contributed by atoms with van der Waals surface area (Å²) in [5, 5.41) is 2.88. The van der Waals surface area contributed by atoms with Gasteiger partial charge in [0.2, 0.25) is 10.0 Å². The first-order valence-electron chi connectivity index (χ1n) is 9.52. The molecule has 0 saturated carbocycles. The Hall–Kier alpha value is -2.38. The number of benzene rings is 2. The van der Waals surface area contributed by atoms with Crippen molar-refractivity contribution >= 4 is 15.9 Å². The van der Waals surface area contributed by atoms with Gasteiger partial charge in [0.15, 0.2) is 0 Å². The van der Waals surface area contributed by atoms with Crippen LogP contribution in [-0.4, -0.2) is 45.4 Å². The first-order valence-corrected chi connectivity index (χ1v) is 11.0. The minimum absolute atomic E-state index is 0.146. The second-order valence-corrected chi connectivity index (χ2v) is 8.78. The van der Waals surface area contributed by atoms with Crippen LogP contribution in [0.4, 0.5) is 0 Å². The highest BCUT2D eigenvalue weighted by molar-refractivity contribution is 7.89. The van der Waals surface area contributed by atoms with E-state index in [1.807, 2.05) is 12.1 Å². The molecule has 150 valence electrons. The molecule has 1 N–H and O–H groups in total. The lowest BCUT2D eigenvalue weighted by molar-refractivity contribution is 0.0954. The van der Waals surface area contributed by atoms with Gasteiger partial charge >= 0.3 is 0 Å². The zero-order chi connectivity index (χ0) is 20.0. The summed E-state index contributed by atoms with van der Waals surface area (Å²) >= 11 is 0. The van der Waals surface area contributed by atoms with E-state index in [1.165, 1.54) is 0 Å². The fraction of sp³-hybridized carbons (Fsp3) is 0.381. The van der Waals surface area contributed by atoms with Gasteiger partial charge in [-0.05, 0) is 61.2 Å².